The molecule has 1 unspecified atom stereocenters. The van der Waals surface area contributed by atoms with Crippen LogP contribution in [-0.2, 0) is 0 Å². The van der Waals surface area contributed by atoms with Crippen molar-refractivity contribution in [3.05, 3.63) is 21.9 Å². The molecule has 0 saturated carbocycles. The average Bonchev–Trinajstić information content (AvgIpc) is 2.61. The van der Waals surface area contributed by atoms with Gasteiger partial charge in [0.25, 0.3) is 0 Å². The standard InChI is InChI=1S/C12H19NOS/c1-6-12(3,13(4)5)11(14)10-7-8-15-9(10)2/h7-8H,6H2,1-5H3. The van der Waals surface area contributed by atoms with Crippen LogP contribution in [0.5, 0.6) is 0 Å². The predicted molar refractivity (Wildman–Crippen MR) is 65.8 cm³/mol. The summed E-state index contributed by atoms with van der Waals surface area (Å²) < 4.78 is 0. The summed E-state index contributed by atoms with van der Waals surface area (Å²) in [7, 11) is 3.92. The van der Waals surface area contributed by atoms with Crippen molar-refractivity contribution in [1.82, 2.24) is 4.90 Å². The Morgan fingerprint density at radius 1 is 1.53 bits per heavy atom. The van der Waals surface area contributed by atoms with Crippen LogP contribution in [0.3, 0.4) is 0 Å². The van der Waals surface area contributed by atoms with Crippen molar-refractivity contribution < 1.29 is 4.79 Å². The largest absolute Gasteiger partial charge is 0.297 e. The summed E-state index contributed by atoms with van der Waals surface area (Å²) in [4.78, 5) is 15.5. The second-order valence-electron chi connectivity index (χ2n) is 4.24. The van der Waals surface area contributed by atoms with Gasteiger partial charge in [0.2, 0.25) is 0 Å². The topological polar surface area (TPSA) is 20.3 Å². The van der Waals surface area contributed by atoms with Crippen LogP contribution < -0.4 is 0 Å². The van der Waals surface area contributed by atoms with Crippen LogP contribution in [0, 0.1) is 6.92 Å². The van der Waals surface area contributed by atoms with Crippen molar-refractivity contribution in [3.8, 4) is 0 Å². The van der Waals surface area contributed by atoms with Gasteiger partial charge in [-0.05, 0) is 45.8 Å². The lowest BCUT2D eigenvalue weighted by Crippen LogP contribution is -2.48. The van der Waals surface area contributed by atoms with Gasteiger partial charge >= 0.3 is 0 Å². The minimum Gasteiger partial charge on any atom is -0.297 e. The van der Waals surface area contributed by atoms with Crippen molar-refractivity contribution in [1.29, 1.82) is 0 Å². The van der Waals surface area contributed by atoms with Gasteiger partial charge in [0.05, 0.1) is 5.54 Å². The summed E-state index contributed by atoms with van der Waals surface area (Å²) in [6, 6.07) is 1.93. The highest BCUT2D eigenvalue weighted by atomic mass is 32.1. The van der Waals surface area contributed by atoms with E-state index in [1.807, 2.05) is 44.3 Å². The summed E-state index contributed by atoms with van der Waals surface area (Å²) in [6.45, 7) is 6.07. The lowest BCUT2D eigenvalue weighted by molar-refractivity contribution is 0.0710. The maximum absolute atomic E-state index is 12.4. The van der Waals surface area contributed by atoms with Crippen LogP contribution in [0.25, 0.3) is 0 Å². The minimum atomic E-state index is -0.383. The molecule has 0 aliphatic rings. The smallest absolute Gasteiger partial charge is 0.183 e. The molecule has 1 atom stereocenters. The van der Waals surface area contributed by atoms with Crippen LogP contribution in [0.2, 0.25) is 0 Å². The van der Waals surface area contributed by atoms with Crippen molar-refractivity contribution in [2.24, 2.45) is 0 Å². The number of carbonyl (C=O) groups excluding carboxylic acids is 1. The number of likely N-dealkylation sites (N-methyl/N-ethyl adjacent to an activating group) is 1. The fourth-order valence-electron chi connectivity index (χ4n) is 1.59. The second-order valence-corrected chi connectivity index (χ2v) is 5.36. The van der Waals surface area contributed by atoms with Gasteiger partial charge in [0.1, 0.15) is 0 Å². The maximum atomic E-state index is 12.4. The van der Waals surface area contributed by atoms with Gasteiger partial charge < -0.3 is 0 Å². The van der Waals surface area contributed by atoms with Crippen LogP contribution in [0.1, 0.15) is 35.5 Å². The summed E-state index contributed by atoms with van der Waals surface area (Å²) >= 11 is 1.63. The molecule has 15 heavy (non-hydrogen) atoms. The Balaban J connectivity index is 3.08. The fourth-order valence-corrected chi connectivity index (χ4v) is 2.29. The molecule has 84 valence electrons. The number of nitrogens with zero attached hydrogens (tertiary/aromatic N) is 1. The van der Waals surface area contributed by atoms with E-state index in [0.29, 0.717) is 0 Å². The van der Waals surface area contributed by atoms with E-state index in [2.05, 4.69) is 6.92 Å². The number of ketones is 1. The molecular weight excluding hydrogens is 206 g/mol. The highest BCUT2D eigenvalue weighted by molar-refractivity contribution is 7.10. The SMILES string of the molecule is CCC(C)(C(=O)c1ccsc1C)N(C)C. The van der Waals surface area contributed by atoms with E-state index < -0.39 is 0 Å². The zero-order valence-electron chi connectivity index (χ0n) is 10.1. The van der Waals surface area contributed by atoms with E-state index in [0.717, 1.165) is 16.9 Å². The molecule has 0 aliphatic carbocycles. The number of rotatable bonds is 4. The summed E-state index contributed by atoms with van der Waals surface area (Å²) in [5, 5.41) is 1.98. The predicted octanol–water partition coefficient (Wildman–Crippen LogP) is 2.97. The maximum Gasteiger partial charge on any atom is 0.183 e. The summed E-state index contributed by atoms with van der Waals surface area (Å²) in [5.41, 5.74) is 0.490. The van der Waals surface area contributed by atoms with Crippen LogP contribution in [0.4, 0.5) is 0 Å². The van der Waals surface area contributed by atoms with E-state index in [4.69, 9.17) is 0 Å². The van der Waals surface area contributed by atoms with E-state index in [-0.39, 0.29) is 11.3 Å². The Labute approximate surface area is 95.9 Å². The van der Waals surface area contributed by atoms with Gasteiger partial charge in [-0.2, -0.15) is 0 Å². The first-order chi connectivity index (χ1) is 6.93. The molecule has 0 spiro atoms. The molecule has 1 rings (SSSR count). The Kier molecular flexibility index (Phi) is 3.68. The second kappa shape index (κ2) is 4.45. The Hall–Kier alpha value is -0.670. The first-order valence-corrected chi connectivity index (χ1v) is 6.07. The highest BCUT2D eigenvalue weighted by Crippen LogP contribution is 2.26. The van der Waals surface area contributed by atoms with E-state index in [9.17, 15) is 4.79 Å². The van der Waals surface area contributed by atoms with Gasteiger partial charge in [-0.1, -0.05) is 6.92 Å². The molecule has 0 N–H and O–H groups in total. The molecule has 1 aromatic heterocycles. The van der Waals surface area contributed by atoms with Crippen molar-refractivity contribution >= 4 is 17.1 Å². The molecule has 0 aliphatic heterocycles. The monoisotopic (exact) mass is 225 g/mol. The third-order valence-electron chi connectivity index (χ3n) is 3.27. The number of aryl methyl sites for hydroxylation is 1. The van der Waals surface area contributed by atoms with E-state index >= 15 is 0 Å². The van der Waals surface area contributed by atoms with Crippen LogP contribution in [-0.4, -0.2) is 30.3 Å². The third kappa shape index (κ3) is 2.13. The molecule has 1 heterocycles. The molecule has 2 nitrogen and oxygen atoms in total. The van der Waals surface area contributed by atoms with Gasteiger partial charge in [0, 0.05) is 10.4 Å². The number of thiophene rings is 1. The number of carbonyl (C=O) groups is 1. The van der Waals surface area contributed by atoms with Crippen LogP contribution >= 0.6 is 11.3 Å². The quantitative estimate of drug-likeness (QED) is 0.734. The molecule has 0 bridgehead atoms. The highest BCUT2D eigenvalue weighted by Gasteiger charge is 2.35. The Bertz CT molecular complexity index is 356. The number of Topliss-reactive ketones (excluding diaryl/α,β-unsaturated/α-hetero) is 1. The van der Waals surface area contributed by atoms with Gasteiger partial charge in [-0.3, -0.25) is 9.69 Å². The zero-order valence-corrected chi connectivity index (χ0v) is 10.9. The molecule has 0 radical (unpaired) electrons. The van der Waals surface area contributed by atoms with Gasteiger partial charge in [0.15, 0.2) is 5.78 Å². The molecule has 0 amide bonds. The lowest BCUT2D eigenvalue weighted by atomic mass is 9.88. The van der Waals surface area contributed by atoms with Crippen molar-refractivity contribution in [2.45, 2.75) is 32.7 Å². The molecular formula is C12H19NOS. The van der Waals surface area contributed by atoms with Gasteiger partial charge in [-0.25, -0.2) is 0 Å². The number of hydrogen-bond acceptors (Lipinski definition) is 3. The lowest BCUT2D eigenvalue weighted by Gasteiger charge is -2.34. The average molecular weight is 225 g/mol. The Morgan fingerprint density at radius 3 is 2.47 bits per heavy atom. The minimum absolute atomic E-state index is 0.230. The number of hydrogen-bond donors (Lipinski definition) is 0. The summed E-state index contributed by atoms with van der Waals surface area (Å²) in [6.07, 6.45) is 0.828. The normalized spacial score (nSPS) is 15.3. The molecule has 0 fully saturated rings. The van der Waals surface area contributed by atoms with E-state index in [1.54, 1.807) is 11.3 Å². The van der Waals surface area contributed by atoms with Crippen molar-refractivity contribution in [2.75, 3.05) is 14.1 Å². The molecule has 1 aromatic rings. The zero-order chi connectivity index (χ0) is 11.6. The summed E-state index contributed by atoms with van der Waals surface area (Å²) in [5.74, 6) is 0.230. The molecule has 0 saturated heterocycles. The van der Waals surface area contributed by atoms with Gasteiger partial charge in [-0.15, -0.1) is 11.3 Å². The van der Waals surface area contributed by atoms with Crippen LogP contribution in [0.15, 0.2) is 11.4 Å². The Morgan fingerprint density at radius 2 is 2.13 bits per heavy atom. The van der Waals surface area contributed by atoms with E-state index in [1.165, 1.54) is 0 Å². The van der Waals surface area contributed by atoms with Crippen molar-refractivity contribution in [3.63, 3.8) is 0 Å². The molecule has 0 aromatic carbocycles. The first kappa shape index (κ1) is 12.4. The third-order valence-corrected chi connectivity index (χ3v) is 4.11. The molecule has 3 heteroatoms. The fraction of sp³-hybridized carbons (Fsp3) is 0.583. The first-order valence-electron chi connectivity index (χ1n) is 5.19.